The summed E-state index contributed by atoms with van der Waals surface area (Å²) in [6, 6.07) is 11.0. The maximum absolute atomic E-state index is 13.4. The Labute approximate surface area is 192 Å². The van der Waals surface area contributed by atoms with E-state index in [9.17, 15) is 18.0 Å². The predicted octanol–water partition coefficient (Wildman–Crippen LogP) is 2.46. The summed E-state index contributed by atoms with van der Waals surface area (Å²) in [5.41, 5.74) is 2.63. The first-order valence-corrected chi connectivity index (χ1v) is 12.1. The van der Waals surface area contributed by atoms with E-state index in [0.29, 0.717) is 24.0 Å². The van der Waals surface area contributed by atoms with Crippen molar-refractivity contribution >= 4 is 26.8 Å². The van der Waals surface area contributed by atoms with Crippen LogP contribution in [0.15, 0.2) is 58.5 Å². The van der Waals surface area contributed by atoms with E-state index < -0.39 is 21.5 Å². The van der Waals surface area contributed by atoms with Crippen LogP contribution in [0.3, 0.4) is 0 Å². The van der Waals surface area contributed by atoms with Gasteiger partial charge >= 0.3 is 0 Å². The minimum Gasteiger partial charge on any atom is -0.495 e. The average Bonchev–Trinajstić information content (AvgIpc) is 2.80. The molecule has 1 aromatic heterocycles. The van der Waals surface area contributed by atoms with E-state index in [1.807, 2.05) is 13.8 Å². The van der Waals surface area contributed by atoms with Crippen LogP contribution in [0.5, 0.6) is 5.75 Å². The number of nitrogens with zero attached hydrogens (tertiary/aromatic N) is 3. The number of aromatic nitrogens is 2. The van der Waals surface area contributed by atoms with Crippen molar-refractivity contribution in [2.45, 2.75) is 25.2 Å². The Kier molecular flexibility index (Phi) is 6.22. The monoisotopic (exact) mass is 470 g/mol. The number of para-hydroxylation sites is 1. The van der Waals surface area contributed by atoms with E-state index in [2.05, 4.69) is 10.4 Å². The van der Waals surface area contributed by atoms with E-state index in [1.54, 1.807) is 24.3 Å². The zero-order valence-electron chi connectivity index (χ0n) is 18.7. The van der Waals surface area contributed by atoms with Gasteiger partial charge in [-0.25, -0.2) is 18.1 Å². The quantitative estimate of drug-likeness (QED) is 0.613. The third kappa shape index (κ3) is 4.49. The summed E-state index contributed by atoms with van der Waals surface area (Å²) in [6.45, 7) is 4.86. The Bertz CT molecular complexity index is 1360. The summed E-state index contributed by atoms with van der Waals surface area (Å²) in [7, 11) is -2.50. The third-order valence-corrected chi connectivity index (χ3v) is 7.62. The van der Waals surface area contributed by atoms with E-state index in [1.165, 1.54) is 35.9 Å². The first-order chi connectivity index (χ1) is 15.7. The maximum Gasteiger partial charge on any atom is 0.280 e. The lowest BCUT2D eigenvalue weighted by atomic mass is 9.94. The van der Waals surface area contributed by atoms with Crippen molar-refractivity contribution in [1.29, 1.82) is 0 Å². The van der Waals surface area contributed by atoms with Gasteiger partial charge in [-0.2, -0.15) is 4.31 Å². The fraction of sp³-hybridized carbons (Fsp3) is 0.348. The van der Waals surface area contributed by atoms with Gasteiger partial charge in [-0.05, 0) is 48.6 Å². The van der Waals surface area contributed by atoms with Crippen molar-refractivity contribution in [2.75, 3.05) is 25.6 Å². The van der Waals surface area contributed by atoms with Gasteiger partial charge in [-0.3, -0.25) is 15.0 Å². The zero-order valence-corrected chi connectivity index (χ0v) is 19.5. The highest BCUT2D eigenvalue weighted by Gasteiger charge is 2.34. The number of benzene rings is 2. The van der Waals surface area contributed by atoms with Crippen LogP contribution in [0.4, 0.5) is 0 Å². The summed E-state index contributed by atoms with van der Waals surface area (Å²) < 4.78 is 34.6. The number of piperidine rings is 1. The fourth-order valence-corrected chi connectivity index (χ4v) is 6.14. The number of nitrogens with one attached hydrogen (secondary N) is 1. The normalized spacial score (nSPS) is 19.4. The Morgan fingerprint density at radius 1 is 1.12 bits per heavy atom. The number of ether oxygens (including phenoxy) is 1. The molecule has 2 unspecified atom stereocenters. The highest BCUT2D eigenvalue weighted by atomic mass is 32.2. The van der Waals surface area contributed by atoms with Crippen LogP contribution in [0.1, 0.15) is 30.6 Å². The van der Waals surface area contributed by atoms with E-state index in [4.69, 9.17) is 4.74 Å². The Morgan fingerprint density at radius 2 is 1.82 bits per heavy atom. The molecule has 1 aliphatic rings. The molecule has 2 aromatic carbocycles. The minimum absolute atomic E-state index is 0.0764. The van der Waals surface area contributed by atoms with Crippen molar-refractivity contribution in [3.63, 3.8) is 0 Å². The Balaban J connectivity index is 1.67. The molecule has 1 aliphatic heterocycles. The SMILES string of the molecule is COc1ccc(C(=O)Nn2cnc3ccccc3c2=O)cc1S(=O)(=O)N1CC(C)CC(C)C1. The molecule has 0 spiro atoms. The lowest BCUT2D eigenvalue weighted by molar-refractivity contribution is 0.101. The summed E-state index contributed by atoms with van der Waals surface area (Å²) in [5, 5.41) is 0.353. The number of carbonyl (C=O) groups is 1. The van der Waals surface area contributed by atoms with Crippen molar-refractivity contribution in [1.82, 2.24) is 14.0 Å². The number of amides is 1. The number of sulfonamides is 1. The number of hydrogen-bond donors (Lipinski definition) is 1. The van der Waals surface area contributed by atoms with E-state index in [-0.39, 0.29) is 28.0 Å². The largest absolute Gasteiger partial charge is 0.495 e. The Hall–Kier alpha value is -3.24. The topological polar surface area (TPSA) is 111 Å². The van der Waals surface area contributed by atoms with Gasteiger partial charge in [0.25, 0.3) is 11.5 Å². The summed E-state index contributed by atoms with van der Waals surface area (Å²) in [4.78, 5) is 29.7. The van der Waals surface area contributed by atoms with Gasteiger partial charge in [0.1, 0.15) is 17.0 Å². The second-order valence-electron chi connectivity index (χ2n) is 8.51. The summed E-state index contributed by atoms with van der Waals surface area (Å²) >= 11 is 0. The molecule has 0 saturated carbocycles. The number of hydrogen-bond acceptors (Lipinski definition) is 6. The van der Waals surface area contributed by atoms with Crippen LogP contribution in [0.2, 0.25) is 0 Å². The van der Waals surface area contributed by atoms with Crippen molar-refractivity contribution in [3.05, 3.63) is 64.7 Å². The van der Waals surface area contributed by atoms with Crippen LogP contribution in [0, 0.1) is 11.8 Å². The van der Waals surface area contributed by atoms with Crippen LogP contribution in [-0.2, 0) is 10.0 Å². The van der Waals surface area contributed by atoms with E-state index >= 15 is 0 Å². The maximum atomic E-state index is 13.4. The lowest BCUT2D eigenvalue weighted by Gasteiger charge is -2.34. The van der Waals surface area contributed by atoms with Crippen LogP contribution < -0.4 is 15.7 Å². The highest BCUT2D eigenvalue weighted by Crippen LogP contribution is 2.32. The molecular formula is C23H26N4O5S. The molecule has 0 radical (unpaired) electrons. The number of rotatable bonds is 5. The molecular weight excluding hydrogens is 444 g/mol. The Morgan fingerprint density at radius 3 is 2.52 bits per heavy atom. The standard InChI is InChI=1S/C23H26N4O5S/c1-15-10-16(2)13-26(12-15)33(30,31)21-11-17(8-9-20(21)32-3)22(28)25-27-14-24-19-7-5-4-6-18(19)23(27)29/h4-9,11,14-16H,10,12-13H2,1-3H3,(H,25,28). The number of carbonyl (C=O) groups excluding carboxylic acids is 1. The van der Waals surface area contributed by atoms with Crippen LogP contribution >= 0.6 is 0 Å². The molecule has 1 N–H and O–H groups in total. The average molecular weight is 471 g/mol. The molecule has 2 atom stereocenters. The van der Waals surface area contributed by atoms with Gasteiger partial charge in [-0.1, -0.05) is 26.0 Å². The van der Waals surface area contributed by atoms with Gasteiger partial charge in [0.2, 0.25) is 10.0 Å². The molecule has 1 fully saturated rings. The second kappa shape index (κ2) is 8.95. The van der Waals surface area contributed by atoms with E-state index in [0.717, 1.165) is 11.1 Å². The van der Waals surface area contributed by atoms with Gasteiger partial charge in [0.15, 0.2) is 0 Å². The van der Waals surface area contributed by atoms with Crippen molar-refractivity contribution < 1.29 is 17.9 Å². The molecule has 1 saturated heterocycles. The smallest absolute Gasteiger partial charge is 0.280 e. The van der Waals surface area contributed by atoms with Crippen molar-refractivity contribution in [2.24, 2.45) is 11.8 Å². The molecule has 9 nitrogen and oxygen atoms in total. The fourth-order valence-electron chi connectivity index (χ4n) is 4.28. The molecule has 33 heavy (non-hydrogen) atoms. The molecule has 0 bridgehead atoms. The molecule has 3 aromatic rings. The van der Waals surface area contributed by atoms with Gasteiger partial charge in [0.05, 0.1) is 18.0 Å². The molecule has 174 valence electrons. The zero-order chi connectivity index (χ0) is 23.8. The molecule has 4 rings (SSSR count). The van der Waals surface area contributed by atoms with Gasteiger partial charge < -0.3 is 4.74 Å². The summed E-state index contributed by atoms with van der Waals surface area (Å²) in [6.07, 6.45) is 2.18. The minimum atomic E-state index is -3.89. The second-order valence-corrected chi connectivity index (χ2v) is 10.4. The molecule has 0 aliphatic carbocycles. The summed E-state index contributed by atoms with van der Waals surface area (Å²) in [5.74, 6) is -0.0304. The first kappa shape index (κ1) is 22.9. The first-order valence-electron chi connectivity index (χ1n) is 10.7. The lowest BCUT2D eigenvalue weighted by Crippen LogP contribution is -2.42. The van der Waals surface area contributed by atoms with Crippen molar-refractivity contribution in [3.8, 4) is 5.75 Å². The number of fused-ring (bicyclic) bond motifs is 1. The van der Waals surface area contributed by atoms with Gasteiger partial charge in [-0.15, -0.1) is 0 Å². The molecule has 1 amide bonds. The van der Waals surface area contributed by atoms with Crippen LogP contribution in [0.25, 0.3) is 10.9 Å². The number of methoxy groups -OCH3 is 1. The van der Waals surface area contributed by atoms with Gasteiger partial charge in [0, 0.05) is 18.7 Å². The molecule has 2 heterocycles. The predicted molar refractivity (Wildman–Crippen MR) is 124 cm³/mol. The highest BCUT2D eigenvalue weighted by molar-refractivity contribution is 7.89. The van der Waals surface area contributed by atoms with Crippen LogP contribution in [-0.4, -0.2) is 48.5 Å². The molecule has 10 heteroatoms. The third-order valence-electron chi connectivity index (χ3n) is 5.77.